The molecule has 0 aliphatic carbocycles. The fraction of sp³-hybridized carbons (Fsp3) is 0.600. The second kappa shape index (κ2) is 8.60. The zero-order valence-electron chi connectivity index (χ0n) is 11.3. The summed E-state index contributed by atoms with van der Waals surface area (Å²) in [5.74, 6) is 1.96. The van der Waals surface area contributed by atoms with Crippen LogP contribution in [0.15, 0.2) is 29.2 Å². The third kappa shape index (κ3) is 6.75. The SMILES string of the molecule is CCCCSc1cccc(CNCC(C)C)c1. The summed E-state index contributed by atoms with van der Waals surface area (Å²) in [6, 6.07) is 8.90. The maximum atomic E-state index is 3.49. The van der Waals surface area contributed by atoms with Gasteiger partial charge in [-0.15, -0.1) is 11.8 Å². The first kappa shape index (κ1) is 14.6. The molecule has 0 fully saturated rings. The third-order valence-corrected chi connectivity index (χ3v) is 3.63. The van der Waals surface area contributed by atoms with E-state index in [1.165, 1.54) is 29.1 Å². The van der Waals surface area contributed by atoms with Crippen LogP contribution in [0.1, 0.15) is 39.2 Å². The lowest BCUT2D eigenvalue weighted by Gasteiger charge is -2.08. The average Bonchev–Trinajstić information content (AvgIpc) is 2.29. The van der Waals surface area contributed by atoms with E-state index in [1.807, 2.05) is 11.8 Å². The lowest BCUT2D eigenvalue weighted by atomic mass is 10.2. The summed E-state index contributed by atoms with van der Waals surface area (Å²) in [6.45, 7) is 8.80. The van der Waals surface area contributed by atoms with Gasteiger partial charge in [0.1, 0.15) is 0 Å². The topological polar surface area (TPSA) is 12.0 Å². The first-order valence-electron chi connectivity index (χ1n) is 6.64. The number of nitrogens with one attached hydrogen (secondary N) is 1. The molecule has 1 aromatic rings. The molecule has 17 heavy (non-hydrogen) atoms. The van der Waals surface area contributed by atoms with E-state index < -0.39 is 0 Å². The highest BCUT2D eigenvalue weighted by atomic mass is 32.2. The quantitative estimate of drug-likeness (QED) is 0.545. The second-order valence-corrected chi connectivity index (χ2v) is 6.04. The molecule has 1 N–H and O–H groups in total. The van der Waals surface area contributed by atoms with Crippen LogP contribution in [-0.4, -0.2) is 12.3 Å². The third-order valence-electron chi connectivity index (χ3n) is 2.55. The van der Waals surface area contributed by atoms with E-state index in [0.717, 1.165) is 19.0 Å². The van der Waals surface area contributed by atoms with E-state index in [4.69, 9.17) is 0 Å². The Balaban J connectivity index is 2.37. The molecule has 0 atom stereocenters. The lowest BCUT2D eigenvalue weighted by Crippen LogP contribution is -2.18. The minimum atomic E-state index is 0.720. The number of unbranched alkanes of at least 4 members (excludes halogenated alkanes) is 1. The summed E-state index contributed by atoms with van der Waals surface area (Å²) >= 11 is 1.97. The molecule has 1 rings (SSSR count). The van der Waals surface area contributed by atoms with Gasteiger partial charge >= 0.3 is 0 Å². The van der Waals surface area contributed by atoms with E-state index in [9.17, 15) is 0 Å². The van der Waals surface area contributed by atoms with Gasteiger partial charge in [0.25, 0.3) is 0 Å². The van der Waals surface area contributed by atoms with Gasteiger partial charge in [0.2, 0.25) is 0 Å². The van der Waals surface area contributed by atoms with Crippen LogP contribution in [0.25, 0.3) is 0 Å². The van der Waals surface area contributed by atoms with Gasteiger partial charge in [0.05, 0.1) is 0 Å². The van der Waals surface area contributed by atoms with Gasteiger partial charge in [-0.05, 0) is 42.3 Å². The Hall–Kier alpha value is -0.470. The Morgan fingerprint density at radius 3 is 2.82 bits per heavy atom. The summed E-state index contributed by atoms with van der Waals surface area (Å²) in [5.41, 5.74) is 1.40. The fourth-order valence-electron chi connectivity index (χ4n) is 1.58. The number of hydrogen-bond donors (Lipinski definition) is 1. The summed E-state index contributed by atoms with van der Waals surface area (Å²) in [4.78, 5) is 1.40. The standard InChI is InChI=1S/C15H25NS/c1-4-5-9-17-15-8-6-7-14(10-15)12-16-11-13(2)3/h6-8,10,13,16H,4-5,9,11-12H2,1-3H3. The van der Waals surface area contributed by atoms with Crippen molar-refractivity contribution in [3.05, 3.63) is 29.8 Å². The summed E-state index contributed by atoms with van der Waals surface area (Å²) in [5, 5.41) is 3.49. The molecule has 1 aromatic carbocycles. The molecule has 2 heteroatoms. The van der Waals surface area contributed by atoms with Crippen molar-refractivity contribution in [2.75, 3.05) is 12.3 Å². The molecular formula is C15H25NS. The van der Waals surface area contributed by atoms with Crippen molar-refractivity contribution < 1.29 is 0 Å². The first-order chi connectivity index (χ1) is 8.22. The van der Waals surface area contributed by atoms with Crippen LogP contribution < -0.4 is 5.32 Å². The van der Waals surface area contributed by atoms with Crippen LogP contribution in [0.2, 0.25) is 0 Å². The molecule has 0 aliphatic rings. The number of hydrogen-bond acceptors (Lipinski definition) is 2. The van der Waals surface area contributed by atoms with E-state index >= 15 is 0 Å². The predicted octanol–water partition coefficient (Wildman–Crippen LogP) is 4.32. The molecular weight excluding hydrogens is 226 g/mol. The van der Waals surface area contributed by atoms with E-state index in [2.05, 4.69) is 50.4 Å². The van der Waals surface area contributed by atoms with Crippen LogP contribution in [0, 0.1) is 5.92 Å². The molecule has 1 nitrogen and oxygen atoms in total. The monoisotopic (exact) mass is 251 g/mol. The summed E-state index contributed by atoms with van der Waals surface area (Å²) in [7, 11) is 0. The molecule has 96 valence electrons. The highest BCUT2D eigenvalue weighted by Gasteiger charge is 1.98. The zero-order chi connectivity index (χ0) is 12.5. The highest BCUT2D eigenvalue weighted by Crippen LogP contribution is 2.20. The van der Waals surface area contributed by atoms with Crippen molar-refractivity contribution in [3.63, 3.8) is 0 Å². The van der Waals surface area contributed by atoms with Gasteiger partial charge in [-0.3, -0.25) is 0 Å². The Labute approximate surface area is 110 Å². The molecule has 0 aromatic heterocycles. The first-order valence-corrected chi connectivity index (χ1v) is 7.63. The fourth-order valence-corrected chi connectivity index (χ4v) is 2.66. The molecule has 0 saturated heterocycles. The van der Waals surface area contributed by atoms with Crippen molar-refractivity contribution in [1.29, 1.82) is 0 Å². The maximum absolute atomic E-state index is 3.49. The van der Waals surface area contributed by atoms with Gasteiger partial charge in [-0.25, -0.2) is 0 Å². The smallest absolute Gasteiger partial charge is 0.0206 e. The van der Waals surface area contributed by atoms with Crippen LogP contribution >= 0.6 is 11.8 Å². The minimum absolute atomic E-state index is 0.720. The van der Waals surface area contributed by atoms with E-state index in [-0.39, 0.29) is 0 Å². The second-order valence-electron chi connectivity index (χ2n) is 4.87. The van der Waals surface area contributed by atoms with Crippen molar-refractivity contribution in [1.82, 2.24) is 5.32 Å². The molecule has 0 heterocycles. The van der Waals surface area contributed by atoms with E-state index in [1.54, 1.807) is 0 Å². The predicted molar refractivity (Wildman–Crippen MR) is 78.6 cm³/mol. The van der Waals surface area contributed by atoms with Gasteiger partial charge in [0, 0.05) is 11.4 Å². The van der Waals surface area contributed by atoms with Crippen molar-refractivity contribution in [2.24, 2.45) is 5.92 Å². The van der Waals surface area contributed by atoms with Gasteiger partial charge < -0.3 is 5.32 Å². The number of rotatable bonds is 8. The van der Waals surface area contributed by atoms with Crippen LogP contribution in [0.4, 0.5) is 0 Å². The Bertz CT molecular complexity index is 310. The molecule has 0 amide bonds. The van der Waals surface area contributed by atoms with Crippen molar-refractivity contribution >= 4 is 11.8 Å². The number of thioether (sulfide) groups is 1. The van der Waals surface area contributed by atoms with Crippen molar-refractivity contribution in [2.45, 2.75) is 45.1 Å². The van der Waals surface area contributed by atoms with E-state index in [0.29, 0.717) is 0 Å². The van der Waals surface area contributed by atoms with Crippen LogP contribution in [0.5, 0.6) is 0 Å². The molecule has 0 radical (unpaired) electrons. The van der Waals surface area contributed by atoms with Gasteiger partial charge in [0.15, 0.2) is 0 Å². The molecule has 0 bridgehead atoms. The molecule has 0 aliphatic heterocycles. The van der Waals surface area contributed by atoms with Crippen LogP contribution in [-0.2, 0) is 6.54 Å². The molecule has 0 spiro atoms. The zero-order valence-corrected chi connectivity index (χ0v) is 12.1. The Morgan fingerprint density at radius 2 is 2.12 bits per heavy atom. The van der Waals surface area contributed by atoms with Gasteiger partial charge in [-0.2, -0.15) is 0 Å². The summed E-state index contributed by atoms with van der Waals surface area (Å²) in [6.07, 6.45) is 2.59. The normalized spacial score (nSPS) is 11.1. The van der Waals surface area contributed by atoms with Crippen LogP contribution in [0.3, 0.4) is 0 Å². The minimum Gasteiger partial charge on any atom is -0.312 e. The van der Waals surface area contributed by atoms with Crippen molar-refractivity contribution in [3.8, 4) is 0 Å². The maximum Gasteiger partial charge on any atom is 0.0206 e. The Morgan fingerprint density at radius 1 is 1.29 bits per heavy atom. The number of benzene rings is 1. The summed E-state index contributed by atoms with van der Waals surface area (Å²) < 4.78 is 0. The molecule has 0 saturated carbocycles. The Kier molecular flexibility index (Phi) is 7.38. The average molecular weight is 251 g/mol. The van der Waals surface area contributed by atoms with Gasteiger partial charge in [-0.1, -0.05) is 39.3 Å². The lowest BCUT2D eigenvalue weighted by molar-refractivity contribution is 0.552. The largest absolute Gasteiger partial charge is 0.312 e. The highest BCUT2D eigenvalue weighted by molar-refractivity contribution is 7.99. The molecule has 0 unspecified atom stereocenters.